The van der Waals surface area contributed by atoms with Crippen molar-refractivity contribution in [3.05, 3.63) is 41.2 Å². The SMILES string of the molecule is CNC(=O)[C@@H](NC(=O)c1nc(-c2ccc(F)c(F)c2)n2c1CN(C)CCC2)C(C)(C)C. The fourth-order valence-corrected chi connectivity index (χ4v) is 3.78. The van der Waals surface area contributed by atoms with E-state index in [-0.39, 0.29) is 11.6 Å². The van der Waals surface area contributed by atoms with Crippen LogP contribution in [-0.4, -0.2) is 52.9 Å². The molecule has 0 spiro atoms. The number of fused-ring (bicyclic) bond motifs is 1. The van der Waals surface area contributed by atoms with E-state index in [1.54, 1.807) is 0 Å². The van der Waals surface area contributed by atoms with Gasteiger partial charge in [0.1, 0.15) is 11.9 Å². The van der Waals surface area contributed by atoms with Crippen LogP contribution in [0.4, 0.5) is 8.78 Å². The number of hydrogen-bond acceptors (Lipinski definition) is 4. The fraction of sp³-hybridized carbons (Fsp3) is 0.500. The zero-order chi connectivity index (χ0) is 22.9. The third-order valence-corrected chi connectivity index (χ3v) is 5.46. The first-order chi connectivity index (χ1) is 14.5. The fourth-order valence-electron chi connectivity index (χ4n) is 3.78. The Morgan fingerprint density at radius 2 is 1.87 bits per heavy atom. The van der Waals surface area contributed by atoms with Gasteiger partial charge in [0.25, 0.3) is 5.91 Å². The molecule has 3 rings (SSSR count). The molecule has 0 fully saturated rings. The molecule has 1 aromatic heterocycles. The number of carbonyl (C=O) groups is 2. The lowest BCUT2D eigenvalue weighted by molar-refractivity contribution is -0.124. The molecule has 9 heteroatoms. The van der Waals surface area contributed by atoms with E-state index < -0.39 is 29.0 Å². The largest absolute Gasteiger partial charge is 0.357 e. The number of likely N-dealkylation sites (N-methyl/N-ethyl adjacent to an activating group) is 1. The maximum absolute atomic E-state index is 13.9. The highest BCUT2D eigenvalue weighted by molar-refractivity contribution is 5.97. The van der Waals surface area contributed by atoms with Gasteiger partial charge in [-0.25, -0.2) is 13.8 Å². The van der Waals surface area contributed by atoms with Gasteiger partial charge >= 0.3 is 0 Å². The molecule has 2 heterocycles. The zero-order valence-electron chi connectivity index (χ0n) is 18.6. The molecule has 0 radical (unpaired) electrons. The number of aromatic nitrogens is 2. The summed E-state index contributed by atoms with van der Waals surface area (Å²) < 4.78 is 29.2. The average Bonchev–Trinajstić information content (AvgIpc) is 2.93. The standard InChI is InChI=1S/C22H29F2N5O2/c1-22(2,3)18(21(31)25-4)27-20(30)17-16-12-28(5)9-6-10-29(16)19(26-17)13-7-8-14(23)15(24)11-13/h7-8,11,18H,6,9-10,12H2,1-5H3,(H,25,31)(H,27,30)/t18-/m1/s1. The Kier molecular flexibility index (Phi) is 6.45. The van der Waals surface area contributed by atoms with Gasteiger partial charge in [-0.15, -0.1) is 0 Å². The quantitative estimate of drug-likeness (QED) is 0.777. The maximum atomic E-state index is 13.9. The second-order valence-corrected chi connectivity index (χ2v) is 8.99. The van der Waals surface area contributed by atoms with Gasteiger partial charge in [0.05, 0.1) is 5.69 Å². The molecule has 0 saturated heterocycles. The van der Waals surface area contributed by atoms with Gasteiger partial charge in [-0.1, -0.05) is 20.8 Å². The third kappa shape index (κ3) is 4.76. The van der Waals surface area contributed by atoms with Gasteiger partial charge in [0, 0.05) is 25.7 Å². The minimum atomic E-state index is -0.973. The highest BCUT2D eigenvalue weighted by Gasteiger charge is 2.34. The van der Waals surface area contributed by atoms with Gasteiger partial charge in [-0.05, 0) is 43.6 Å². The molecule has 2 N–H and O–H groups in total. The Bertz CT molecular complexity index is 997. The highest BCUT2D eigenvalue weighted by atomic mass is 19.2. The van der Waals surface area contributed by atoms with E-state index in [2.05, 4.69) is 20.5 Å². The van der Waals surface area contributed by atoms with E-state index in [9.17, 15) is 18.4 Å². The van der Waals surface area contributed by atoms with Crippen LogP contribution in [0.3, 0.4) is 0 Å². The van der Waals surface area contributed by atoms with E-state index in [1.165, 1.54) is 13.1 Å². The Morgan fingerprint density at radius 3 is 2.48 bits per heavy atom. The monoisotopic (exact) mass is 433 g/mol. The number of imidazole rings is 1. The molecule has 1 atom stereocenters. The summed E-state index contributed by atoms with van der Waals surface area (Å²) >= 11 is 0. The summed E-state index contributed by atoms with van der Waals surface area (Å²) in [6, 6.07) is 2.82. The van der Waals surface area contributed by atoms with E-state index >= 15 is 0 Å². The summed E-state index contributed by atoms with van der Waals surface area (Å²) in [5, 5.41) is 5.40. The molecular weight excluding hydrogens is 404 g/mol. The second kappa shape index (κ2) is 8.74. The zero-order valence-corrected chi connectivity index (χ0v) is 18.6. The van der Waals surface area contributed by atoms with Crippen LogP contribution in [0, 0.1) is 17.0 Å². The number of hydrogen-bond donors (Lipinski definition) is 2. The minimum Gasteiger partial charge on any atom is -0.357 e. The highest BCUT2D eigenvalue weighted by Crippen LogP contribution is 2.28. The molecule has 0 saturated carbocycles. The summed E-state index contributed by atoms with van der Waals surface area (Å²) in [7, 11) is 3.47. The molecule has 31 heavy (non-hydrogen) atoms. The van der Waals surface area contributed by atoms with E-state index in [1.807, 2.05) is 32.4 Å². The minimum absolute atomic E-state index is 0.187. The molecule has 1 aliphatic rings. The summed E-state index contributed by atoms with van der Waals surface area (Å²) in [4.78, 5) is 32.2. The number of amides is 2. The van der Waals surface area contributed by atoms with Gasteiger partial charge < -0.3 is 20.1 Å². The van der Waals surface area contributed by atoms with Crippen LogP contribution in [0.5, 0.6) is 0 Å². The molecular formula is C22H29F2N5O2. The lowest BCUT2D eigenvalue weighted by Crippen LogP contribution is -2.53. The predicted molar refractivity (Wildman–Crippen MR) is 113 cm³/mol. The van der Waals surface area contributed by atoms with Crippen molar-refractivity contribution in [3.63, 3.8) is 0 Å². The lowest BCUT2D eigenvalue weighted by atomic mass is 9.86. The summed E-state index contributed by atoms with van der Waals surface area (Å²) in [5.41, 5.74) is 0.738. The summed E-state index contributed by atoms with van der Waals surface area (Å²) in [6.45, 7) is 7.47. The van der Waals surface area contributed by atoms with E-state index in [0.717, 1.165) is 25.1 Å². The lowest BCUT2D eigenvalue weighted by Gasteiger charge is -2.29. The van der Waals surface area contributed by atoms with Crippen LogP contribution in [0.2, 0.25) is 0 Å². The number of carbonyl (C=O) groups excluding carboxylic acids is 2. The van der Waals surface area contributed by atoms with Crippen LogP contribution < -0.4 is 10.6 Å². The number of halogens is 2. The van der Waals surface area contributed by atoms with E-state index in [4.69, 9.17) is 0 Å². The molecule has 1 aliphatic heterocycles. The molecule has 7 nitrogen and oxygen atoms in total. The number of nitrogens with one attached hydrogen (secondary N) is 2. The Morgan fingerprint density at radius 1 is 1.16 bits per heavy atom. The summed E-state index contributed by atoms with van der Waals surface area (Å²) in [5.74, 6) is -2.29. The van der Waals surface area contributed by atoms with Crippen molar-refractivity contribution in [3.8, 4) is 11.4 Å². The molecule has 0 unspecified atom stereocenters. The Labute approximate surface area is 180 Å². The van der Waals surface area contributed by atoms with Crippen LogP contribution in [0.25, 0.3) is 11.4 Å². The first-order valence-electron chi connectivity index (χ1n) is 10.3. The molecule has 2 amide bonds. The van der Waals surface area contributed by atoms with Crippen LogP contribution in [0.1, 0.15) is 43.4 Å². The molecule has 1 aromatic carbocycles. The maximum Gasteiger partial charge on any atom is 0.272 e. The Hall–Kier alpha value is -2.81. The Balaban J connectivity index is 2.07. The number of nitrogens with zero attached hydrogens (tertiary/aromatic N) is 3. The third-order valence-electron chi connectivity index (χ3n) is 5.46. The molecule has 0 bridgehead atoms. The van der Waals surface area contributed by atoms with Gasteiger partial charge in [0.15, 0.2) is 17.3 Å². The molecule has 0 aliphatic carbocycles. The van der Waals surface area contributed by atoms with Crippen molar-refractivity contribution in [2.45, 2.75) is 46.3 Å². The van der Waals surface area contributed by atoms with Crippen molar-refractivity contribution in [2.75, 3.05) is 20.6 Å². The van der Waals surface area contributed by atoms with E-state index in [0.29, 0.717) is 30.2 Å². The first-order valence-corrected chi connectivity index (χ1v) is 10.3. The van der Waals surface area contributed by atoms with Crippen LogP contribution >= 0.6 is 0 Å². The predicted octanol–water partition coefficient (Wildman–Crippen LogP) is 2.55. The van der Waals surface area contributed by atoms with Crippen molar-refractivity contribution in [1.82, 2.24) is 25.1 Å². The van der Waals surface area contributed by atoms with Crippen molar-refractivity contribution < 1.29 is 18.4 Å². The van der Waals surface area contributed by atoms with Crippen molar-refractivity contribution in [2.24, 2.45) is 5.41 Å². The van der Waals surface area contributed by atoms with Crippen molar-refractivity contribution >= 4 is 11.8 Å². The molecule has 168 valence electrons. The second-order valence-electron chi connectivity index (χ2n) is 8.99. The number of rotatable bonds is 4. The normalized spacial score (nSPS) is 15.7. The molecule has 2 aromatic rings. The average molecular weight is 434 g/mol. The van der Waals surface area contributed by atoms with Crippen molar-refractivity contribution in [1.29, 1.82) is 0 Å². The summed E-state index contributed by atoms with van der Waals surface area (Å²) in [6.07, 6.45) is 0.820. The topological polar surface area (TPSA) is 79.3 Å². The van der Waals surface area contributed by atoms with Gasteiger partial charge in [0.2, 0.25) is 5.91 Å². The first kappa shape index (κ1) is 22.9. The van der Waals surface area contributed by atoms with Gasteiger partial charge in [-0.2, -0.15) is 0 Å². The van der Waals surface area contributed by atoms with Gasteiger partial charge in [-0.3, -0.25) is 9.59 Å². The number of benzene rings is 1. The van der Waals surface area contributed by atoms with Crippen LogP contribution in [0.15, 0.2) is 18.2 Å². The smallest absolute Gasteiger partial charge is 0.272 e. The van der Waals surface area contributed by atoms with Crippen LogP contribution in [-0.2, 0) is 17.9 Å².